The van der Waals surface area contributed by atoms with Crippen molar-refractivity contribution in [1.82, 2.24) is 0 Å². The van der Waals surface area contributed by atoms with Gasteiger partial charge in [0.25, 0.3) is 0 Å². The minimum Gasteiger partial charge on any atom is -0.359 e. The summed E-state index contributed by atoms with van der Waals surface area (Å²) in [6.07, 6.45) is 0.977. The molecule has 4 heteroatoms. The minimum absolute atomic E-state index is 0.0404. The highest BCUT2D eigenvalue weighted by Gasteiger charge is 2.27. The molecule has 0 saturated carbocycles. The maximum atomic E-state index is 12.4. The third-order valence-corrected chi connectivity index (χ3v) is 4.05. The summed E-state index contributed by atoms with van der Waals surface area (Å²) in [5.41, 5.74) is 3.73. The molecule has 1 N–H and O–H groups in total. The molecule has 22 heavy (non-hydrogen) atoms. The number of anilines is 2. The third kappa shape index (κ3) is 2.66. The van der Waals surface area contributed by atoms with E-state index in [1.807, 2.05) is 19.1 Å². The lowest BCUT2D eigenvalue weighted by atomic mass is 10.1. The Morgan fingerprint density at radius 3 is 2.68 bits per heavy atom. The normalized spacial score (nSPS) is 14.1. The van der Waals surface area contributed by atoms with Crippen LogP contribution in [0.4, 0.5) is 11.4 Å². The van der Waals surface area contributed by atoms with Crippen molar-refractivity contribution < 1.29 is 4.79 Å². The largest absolute Gasteiger partial charge is 0.359 e. The second-order valence-electron chi connectivity index (χ2n) is 5.43. The molecule has 1 aliphatic rings. The van der Waals surface area contributed by atoms with E-state index in [4.69, 9.17) is 5.26 Å². The summed E-state index contributed by atoms with van der Waals surface area (Å²) in [6.45, 7) is 2.78. The van der Waals surface area contributed by atoms with Crippen LogP contribution in [-0.4, -0.2) is 18.5 Å². The molecule has 1 heterocycles. The van der Waals surface area contributed by atoms with Gasteiger partial charge in [0.05, 0.1) is 11.6 Å². The monoisotopic (exact) mass is 291 g/mol. The molecule has 0 spiro atoms. The van der Waals surface area contributed by atoms with Crippen molar-refractivity contribution >= 4 is 17.3 Å². The van der Waals surface area contributed by atoms with Gasteiger partial charge in [-0.2, -0.15) is 5.26 Å². The number of hydrogen-bond donors (Lipinski definition) is 1. The van der Waals surface area contributed by atoms with E-state index in [1.54, 1.807) is 24.3 Å². The van der Waals surface area contributed by atoms with E-state index in [1.165, 1.54) is 5.56 Å². The molecule has 1 aliphatic heterocycles. The molecule has 1 amide bonds. The molecule has 2 aromatic rings. The smallest absolute Gasteiger partial charge is 0.246 e. The number of carbonyl (C=O) groups excluding carboxylic acids is 1. The van der Waals surface area contributed by atoms with Crippen molar-refractivity contribution in [2.75, 3.05) is 16.8 Å². The van der Waals surface area contributed by atoms with Crippen molar-refractivity contribution in [2.24, 2.45) is 0 Å². The van der Waals surface area contributed by atoms with Gasteiger partial charge >= 0.3 is 0 Å². The fourth-order valence-corrected chi connectivity index (χ4v) is 2.78. The van der Waals surface area contributed by atoms with Gasteiger partial charge < -0.3 is 10.2 Å². The van der Waals surface area contributed by atoms with Crippen LogP contribution in [0, 0.1) is 11.3 Å². The number of nitrogens with one attached hydrogen (secondary N) is 1. The zero-order chi connectivity index (χ0) is 15.5. The highest BCUT2D eigenvalue weighted by Crippen LogP contribution is 2.29. The summed E-state index contributed by atoms with van der Waals surface area (Å²) >= 11 is 0. The molecule has 3 rings (SSSR count). The van der Waals surface area contributed by atoms with Crippen molar-refractivity contribution in [3.05, 3.63) is 59.7 Å². The van der Waals surface area contributed by atoms with Crippen molar-refractivity contribution in [3.63, 3.8) is 0 Å². The maximum absolute atomic E-state index is 12.4. The van der Waals surface area contributed by atoms with Crippen LogP contribution in [0.3, 0.4) is 0 Å². The molecule has 0 unspecified atom stereocenters. The highest BCUT2D eigenvalue weighted by molar-refractivity contribution is 5.97. The van der Waals surface area contributed by atoms with Crippen LogP contribution in [0.5, 0.6) is 0 Å². The van der Waals surface area contributed by atoms with E-state index >= 15 is 0 Å². The van der Waals surface area contributed by atoms with Gasteiger partial charge in [0.2, 0.25) is 5.91 Å². The summed E-state index contributed by atoms with van der Waals surface area (Å²) in [4.78, 5) is 14.6. The molecule has 4 nitrogen and oxygen atoms in total. The number of fused-ring (bicyclic) bond motifs is 1. The highest BCUT2D eigenvalue weighted by atomic mass is 16.2. The summed E-state index contributed by atoms with van der Waals surface area (Å²) in [5, 5.41) is 11.7. The number of hydrogen-bond acceptors (Lipinski definition) is 3. The Bertz CT molecular complexity index is 731. The van der Waals surface area contributed by atoms with Gasteiger partial charge in [0, 0.05) is 17.9 Å². The average molecular weight is 291 g/mol. The number of carbonyl (C=O) groups is 1. The summed E-state index contributed by atoms with van der Waals surface area (Å²) in [6, 6.07) is 16.9. The molecule has 0 aromatic heterocycles. The zero-order valence-corrected chi connectivity index (χ0v) is 12.4. The predicted molar refractivity (Wildman–Crippen MR) is 86.7 cm³/mol. The number of nitriles is 1. The summed E-state index contributed by atoms with van der Waals surface area (Å²) in [7, 11) is 0. The van der Waals surface area contributed by atoms with Crippen molar-refractivity contribution in [2.45, 2.75) is 19.4 Å². The third-order valence-electron chi connectivity index (χ3n) is 4.05. The Kier molecular flexibility index (Phi) is 3.80. The topological polar surface area (TPSA) is 56.1 Å². The van der Waals surface area contributed by atoms with Crippen LogP contribution < -0.4 is 10.2 Å². The Balaban J connectivity index is 1.71. The SMILES string of the molecule is C[C@@H](C(=O)Nc1ccc(C#N)cc1)N1CCc2ccccc21. The van der Waals surface area contributed by atoms with Gasteiger partial charge in [-0.1, -0.05) is 18.2 Å². The van der Waals surface area contributed by atoms with Gasteiger partial charge in [0.1, 0.15) is 6.04 Å². The van der Waals surface area contributed by atoms with E-state index < -0.39 is 0 Å². The second kappa shape index (κ2) is 5.90. The fraction of sp³-hybridized carbons (Fsp3) is 0.222. The maximum Gasteiger partial charge on any atom is 0.246 e. The van der Waals surface area contributed by atoms with E-state index in [2.05, 4.69) is 28.4 Å². The van der Waals surface area contributed by atoms with E-state index in [0.717, 1.165) is 18.7 Å². The molecule has 110 valence electrons. The number of amides is 1. The van der Waals surface area contributed by atoms with Gasteiger partial charge in [-0.15, -0.1) is 0 Å². The standard InChI is InChI=1S/C18H17N3O/c1-13(21-11-10-15-4-2-3-5-17(15)21)18(22)20-16-8-6-14(12-19)7-9-16/h2-9,13H,10-11H2,1H3,(H,20,22)/t13-/m0/s1. The Morgan fingerprint density at radius 1 is 1.23 bits per heavy atom. The van der Waals surface area contributed by atoms with E-state index in [-0.39, 0.29) is 11.9 Å². The Morgan fingerprint density at radius 2 is 1.95 bits per heavy atom. The lowest BCUT2D eigenvalue weighted by Crippen LogP contribution is -2.41. The van der Waals surface area contributed by atoms with Crippen LogP contribution >= 0.6 is 0 Å². The first kappa shape index (κ1) is 14.2. The first-order chi connectivity index (χ1) is 10.7. The number of nitrogens with zero attached hydrogens (tertiary/aromatic N) is 2. The minimum atomic E-state index is -0.237. The Labute approximate surface area is 130 Å². The van der Waals surface area contributed by atoms with Crippen LogP contribution in [0.25, 0.3) is 0 Å². The molecule has 0 aliphatic carbocycles. The quantitative estimate of drug-likeness (QED) is 0.946. The molecule has 0 bridgehead atoms. The van der Waals surface area contributed by atoms with Crippen molar-refractivity contribution in [1.29, 1.82) is 5.26 Å². The lowest BCUT2D eigenvalue weighted by molar-refractivity contribution is -0.117. The first-order valence-electron chi connectivity index (χ1n) is 7.34. The second-order valence-corrected chi connectivity index (χ2v) is 5.43. The van der Waals surface area contributed by atoms with Crippen LogP contribution in [0.2, 0.25) is 0 Å². The summed E-state index contributed by atoms with van der Waals surface area (Å²) in [5.74, 6) is -0.0404. The van der Waals surface area contributed by atoms with Gasteiger partial charge in [-0.05, 0) is 49.2 Å². The molecule has 2 aromatic carbocycles. The van der Waals surface area contributed by atoms with Crippen LogP contribution in [-0.2, 0) is 11.2 Å². The van der Waals surface area contributed by atoms with Crippen molar-refractivity contribution in [3.8, 4) is 6.07 Å². The zero-order valence-electron chi connectivity index (χ0n) is 12.4. The van der Waals surface area contributed by atoms with Crippen LogP contribution in [0.1, 0.15) is 18.1 Å². The van der Waals surface area contributed by atoms with E-state index in [9.17, 15) is 4.79 Å². The molecule has 0 saturated heterocycles. The fourth-order valence-electron chi connectivity index (χ4n) is 2.78. The van der Waals surface area contributed by atoms with Crippen LogP contribution in [0.15, 0.2) is 48.5 Å². The first-order valence-corrected chi connectivity index (χ1v) is 7.34. The van der Waals surface area contributed by atoms with E-state index in [0.29, 0.717) is 11.3 Å². The molecular formula is C18H17N3O. The average Bonchev–Trinajstić information content (AvgIpc) is 2.99. The van der Waals surface area contributed by atoms with Gasteiger partial charge in [-0.25, -0.2) is 0 Å². The predicted octanol–water partition coefficient (Wildman–Crippen LogP) is 2.95. The number of rotatable bonds is 3. The lowest BCUT2D eigenvalue weighted by Gasteiger charge is -2.26. The summed E-state index contributed by atoms with van der Waals surface area (Å²) < 4.78 is 0. The van der Waals surface area contributed by atoms with Gasteiger partial charge in [-0.3, -0.25) is 4.79 Å². The number of benzene rings is 2. The Hall–Kier alpha value is -2.80. The molecule has 0 fully saturated rings. The number of para-hydroxylation sites is 1. The molecule has 0 radical (unpaired) electrons. The molecule has 1 atom stereocenters. The van der Waals surface area contributed by atoms with Gasteiger partial charge in [0.15, 0.2) is 0 Å². The molecular weight excluding hydrogens is 274 g/mol.